The quantitative estimate of drug-likeness (QED) is 0.609. The van der Waals surface area contributed by atoms with Gasteiger partial charge in [0.2, 0.25) is 0 Å². The Balaban J connectivity index is 1.32. The van der Waals surface area contributed by atoms with E-state index in [0.29, 0.717) is 0 Å². The molecule has 1 saturated heterocycles. The molecule has 0 aliphatic carbocycles. The van der Waals surface area contributed by atoms with Gasteiger partial charge in [-0.2, -0.15) is 0 Å². The Labute approximate surface area is 168 Å². The van der Waals surface area contributed by atoms with Crippen molar-refractivity contribution in [2.24, 2.45) is 4.99 Å². The van der Waals surface area contributed by atoms with Crippen LogP contribution in [0.1, 0.15) is 25.0 Å². The van der Waals surface area contributed by atoms with Crippen molar-refractivity contribution in [2.75, 3.05) is 17.6 Å². The molecule has 2 N–H and O–H groups in total. The molecule has 1 aliphatic rings. The zero-order chi connectivity index (χ0) is 18.9. The lowest BCUT2D eigenvalue weighted by Gasteiger charge is -2.15. The maximum Gasteiger partial charge on any atom is 0.183 e. The molecule has 0 radical (unpaired) electrons. The second-order valence-corrected chi connectivity index (χ2v) is 9.54. The molecule has 0 amide bonds. The molecule has 27 heavy (non-hydrogen) atoms. The van der Waals surface area contributed by atoms with Crippen LogP contribution in [0.15, 0.2) is 47.5 Å². The van der Waals surface area contributed by atoms with Crippen molar-refractivity contribution in [3.8, 4) is 0 Å². The maximum absolute atomic E-state index is 4.70. The van der Waals surface area contributed by atoms with Crippen molar-refractivity contribution >= 4 is 49.3 Å². The fraction of sp³-hybridized carbons (Fsp3) is 0.333. The number of amidine groups is 1. The van der Waals surface area contributed by atoms with Crippen LogP contribution in [0.4, 0.5) is 10.8 Å². The molecule has 140 valence electrons. The highest BCUT2D eigenvalue weighted by Gasteiger charge is 2.27. The third kappa shape index (κ3) is 4.62. The van der Waals surface area contributed by atoms with E-state index in [1.54, 1.807) is 23.1 Å². The smallest absolute Gasteiger partial charge is 0.183 e. The highest BCUT2D eigenvalue weighted by molar-refractivity contribution is 8.14. The zero-order valence-corrected chi connectivity index (χ0v) is 17.5. The fourth-order valence-corrected chi connectivity index (χ4v) is 5.02. The monoisotopic (exact) mass is 396 g/mol. The van der Waals surface area contributed by atoms with Gasteiger partial charge in [-0.1, -0.05) is 41.3 Å². The lowest BCUT2D eigenvalue weighted by atomic mass is 10.1. The SMILES string of the molecule is Cc1ccc2nc(NCCc3ccc(/N=C4/NC(C)(C)CS4)cc3)sc2c1. The molecule has 2 heterocycles. The first kappa shape index (κ1) is 18.3. The van der Waals surface area contributed by atoms with Gasteiger partial charge in [-0.25, -0.2) is 9.98 Å². The molecule has 6 heteroatoms. The molecule has 3 aromatic rings. The third-order valence-corrected chi connectivity index (χ3v) is 6.72. The van der Waals surface area contributed by atoms with Gasteiger partial charge in [-0.15, -0.1) is 0 Å². The second-order valence-electron chi connectivity index (χ2n) is 7.55. The molecule has 4 rings (SSSR count). The first-order chi connectivity index (χ1) is 13.0. The summed E-state index contributed by atoms with van der Waals surface area (Å²) in [6.45, 7) is 7.39. The summed E-state index contributed by atoms with van der Waals surface area (Å²) in [5.74, 6) is 1.06. The number of rotatable bonds is 5. The number of hydrogen-bond donors (Lipinski definition) is 2. The average molecular weight is 397 g/mol. The first-order valence-corrected chi connectivity index (χ1v) is 11.0. The van der Waals surface area contributed by atoms with Crippen LogP contribution in [0, 0.1) is 6.92 Å². The Bertz CT molecular complexity index is 974. The van der Waals surface area contributed by atoms with Crippen LogP contribution >= 0.6 is 23.1 Å². The van der Waals surface area contributed by atoms with Crippen molar-refractivity contribution in [1.29, 1.82) is 0 Å². The number of aromatic nitrogens is 1. The molecule has 4 nitrogen and oxygen atoms in total. The molecule has 0 bridgehead atoms. The van der Waals surface area contributed by atoms with Crippen LogP contribution in [0.2, 0.25) is 0 Å². The van der Waals surface area contributed by atoms with Gasteiger partial charge < -0.3 is 10.6 Å². The van der Waals surface area contributed by atoms with Gasteiger partial charge in [0, 0.05) is 17.8 Å². The first-order valence-electron chi connectivity index (χ1n) is 9.17. The van der Waals surface area contributed by atoms with E-state index in [9.17, 15) is 0 Å². The minimum absolute atomic E-state index is 0.133. The Morgan fingerprint density at radius 1 is 1.19 bits per heavy atom. The van der Waals surface area contributed by atoms with E-state index in [-0.39, 0.29) is 5.54 Å². The molecule has 1 aliphatic heterocycles. The number of aryl methyl sites for hydroxylation is 1. The number of aliphatic imine (C=N–C) groups is 1. The summed E-state index contributed by atoms with van der Waals surface area (Å²) in [4.78, 5) is 9.35. The van der Waals surface area contributed by atoms with Crippen molar-refractivity contribution in [2.45, 2.75) is 32.7 Å². The van der Waals surface area contributed by atoms with Crippen LogP contribution in [0.3, 0.4) is 0 Å². The maximum atomic E-state index is 4.70. The molecule has 0 spiro atoms. The number of nitrogens with one attached hydrogen (secondary N) is 2. The van der Waals surface area contributed by atoms with E-state index in [1.807, 2.05) is 0 Å². The Kier molecular flexibility index (Phi) is 5.10. The van der Waals surface area contributed by atoms with Crippen LogP contribution in [-0.2, 0) is 6.42 Å². The minimum atomic E-state index is 0.133. The van der Waals surface area contributed by atoms with E-state index in [4.69, 9.17) is 4.99 Å². The van der Waals surface area contributed by atoms with E-state index >= 15 is 0 Å². The number of benzene rings is 2. The highest BCUT2D eigenvalue weighted by atomic mass is 32.2. The lowest BCUT2D eigenvalue weighted by molar-refractivity contribution is 0.537. The van der Waals surface area contributed by atoms with Crippen LogP contribution in [0.5, 0.6) is 0 Å². The van der Waals surface area contributed by atoms with Gasteiger partial charge in [0.05, 0.1) is 15.9 Å². The molecular weight excluding hydrogens is 372 g/mol. The molecule has 0 atom stereocenters. The molecular formula is C21H24N4S2. The predicted molar refractivity (Wildman–Crippen MR) is 120 cm³/mol. The number of fused-ring (bicyclic) bond motifs is 1. The van der Waals surface area contributed by atoms with Gasteiger partial charge in [0.25, 0.3) is 0 Å². The summed E-state index contributed by atoms with van der Waals surface area (Å²) in [5.41, 5.74) is 4.78. The summed E-state index contributed by atoms with van der Waals surface area (Å²) in [5, 5.41) is 8.91. The third-order valence-electron chi connectivity index (χ3n) is 4.42. The number of hydrogen-bond acceptors (Lipinski definition) is 5. The minimum Gasteiger partial charge on any atom is -0.361 e. The number of nitrogens with zero attached hydrogens (tertiary/aromatic N) is 2. The second kappa shape index (κ2) is 7.52. The number of anilines is 1. The molecule has 2 aromatic carbocycles. The zero-order valence-electron chi connectivity index (χ0n) is 15.9. The van der Waals surface area contributed by atoms with Gasteiger partial charge >= 0.3 is 0 Å². The van der Waals surface area contributed by atoms with Crippen LogP contribution in [-0.4, -0.2) is 28.0 Å². The Morgan fingerprint density at radius 2 is 2.00 bits per heavy atom. The predicted octanol–water partition coefficient (Wildman–Crippen LogP) is 5.36. The van der Waals surface area contributed by atoms with Gasteiger partial charge in [-0.05, 0) is 62.6 Å². The summed E-state index contributed by atoms with van der Waals surface area (Å²) in [7, 11) is 0. The number of thioether (sulfide) groups is 1. The molecule has 0 unspecified atom stereocenters. The fourth-order valence-electron chi connectivity index (χ4n) is 2.95. The van der Waals surface area contributed by atoms with Crippen molar-refractivity contribution < 1.29 is 0 Å². The van der Waals surface area contributed by atoms with E-state index in [0.717, 1.165) is 40.2 Å². The largest absolute Gasteiger partial charge is 0.361 e. The van der Waals surface area contributed by atoms with Crippen LogP contribution in [0.25, 0.3) is 10.2 Å². The van der Waals surface area contributed by atoms with Crippen molar-refractivity contribution in [1.82, 2.24) is 10.3 Å². The topological polar surface area (TPSA) is 49.3 Å². The normalized spacial score (nSPS) is 17.4. The van der Waals surface area contributed by atoms with Gasteiger partial charge in [0.15, 0.2) is 10.3 Å². The van der Waals surface area contributed by atoms with Crippen molar-refractivity contribution in [3.63, 3.8) is 0 Å². The summed E-state index contributed by atoms with van der Waals surface area (Å²) in [6, 6.07) is 14.9. The lowest BCUT2D eigenvalue weighted by Crippen LogP contribution is -2.36. The molecule has 1 fully saturated rings. The van der Waals surface area contributed by atoms with E-state index < -0.39 is 0 Å². The molecule has 1 aromatic heterocycles. The average Bonchev–Trinajstić information content (AvgIpc) is 3.18. The summed E-state index contributed by atoms with van der Waals surface area (Å²) >= 11 is 3.50. The van der Waals surface area contributed by atoms with Crippen molar-refractivity contribution in [3.05, 3.63) is 53.6 Å². The summed E-state index contributed by atoms with van der Waals surface area (Å²) in [6.07, 6.45) is 0.964. The van der Waals surface area contributed by atoms with E-state index in [1.165, 1.54) is 15.8 Å². The van der Waals surface area contributed by atoms with Gasteiger partial charge in [-0.3, -0.25) is 0 Å². The van der Waals surface area contributed by atoms with E-state index in [2.05, 4.69) is 78.9 Å². The molecule has 0 saturated carbocycles. The highest BCUT2D eigenvalue weighted by Crippen LogP contribution is 2.27. The Hall–Kier alpha value is -2.05. The number of thiazole rings is 1. The standard InChI is InChI=1S/C21H24N4S2/c1-14-4-9-17-18(12-14)27-19(24-17)22-11-10-15-5-7-16(8-6-15)23-20-25-21(2,3)13-26-20/h4-9,12H,10-11,13H2,1-3H3,(H,22,24)(H,23,25). The van der Waals surface area contributed by atoms with Gasteiger partial charge in [0.1, 0.15) is 0 Å². The Morgan fingerprint density at radius 3 is 2.74 bits per heavy atom. The van der Waals surface area contributed by atoms with Crippen LogP contribution < -0.4 is 10.6 Å². The summed E-state index contributed by atoms with van der Waals surface area (Å²) < 4.78 is 1.24.